The monoisotopic (exact) mass is 308 g/mol. The second-order valence-corrected chi connectivity index (χ2v) is 6.42. The summed E-state index contributed by atoms with van der Waals surface area (Å²) in [4.78, 5) is 12.7. The normalized spacial score (nSPS) is 23.9. The molecule has 2 aliphatic rings. The van der Waals surface area contributed by atoms with Gasteiger partial charge in [-0.25, -0.2) is 0 Å². The molecule has 0 unspecified atom stereocenters. The molecule has 0 bridgehead atoms. The average Bonchev–Trinajstić information content (AvgIpc) is 3.29. The van der Waals surface area contributed by atoms with Gasteiger partial charge in [0.2, 0.25) is 0 Å². The summed E-state index contributed by atoms with van der Waals surface area (Å²) in [6, 6.07) is 17.4. The van der Waals surface area contributed by atoms with Gasteiger partial charge in [-0.3, -0.25) is 4.79 Å². The minimum absolute atomic E-state index is 0.0467. The zero-order valence-electron chi connectivity index (χ0n) is 12.9. The number of carbonyl (C=O) groups excluding carboxylic acids is 1. The summed E-state index contributed by atoms with van der Waals surface area (Å²) in [5.74, 6) is 0.689. The number of nitrogens with one attached hydrogen (secondary N) is 1. The first-order valence-corrected chi connectivity index (χ1v) is 8.06. The molecule has 2 aromatic carbocycles. The predicted molar refractivity (Wildman–Crippen MR) is 88.0 cm³/mol. The summed E-state index contributed by atoms with van der Waals surface area (Å²) in [7, 11) is 0. The van der Waals surface area contributed by atoms with Gasteiger partial charge in [0.1, 0.15) is 5.75 Å². The van der Waals surface area contributed by atoms with E-state index in [1.54, 1.807) is 0 Å². The van der Waals surface area contributed by atoms with Crippen LogP contribution in [0, 0.1) is 0 Å². The van der Waals surface area contributed by atoms with E-state index >= 15 is 0 Å². The van der Waals surface area contributed by atoms with Gasteiger partial charge in [0.15, 0.2) is 5.60 Å². The molecule has 1 fully saturated rings. The lowest BCUT2D eigenvalue weighted by Gasteiger charge is -2.23. The number of amides is 1. The molecular formula is C19H20N2O2. The summed E-state index contributed by atoms with van der Waals surface area (Å²) in [5.41, 5.74) is 7.94. The molecule has 0 radical (unpaired) electrons. The molecule has 2 atom stereocenters. The highest BCUT2D eigenvalue weighted by atomic mass is 16.5. The largest absolute Gasteiger partial charge is 0.477 e. The van der Waals surface area contributed by atoms with Crippen molar-refractivity contribution in [3.63, 3.8) is 0 Å². The van der Waals surface area contributed by atoms with Crippen LogP contribution >= 0.6 is 0 Å². The third-order valence-electron chi connectivity index (χ3n) is 4.78. The number of hydrogen-bond donors (Lipinski definition) is 2. The molecule has 0 saturated heterocycles. The smallest absolute Gasteiger partial charge is 0.264 e. The van der Waals surface area contributed by atoms with Crippen molar-refractivity contribution in [1.29, 1.82) is 0 Å². The second-order valence-electron chi connectivity index (χ2n) is 6.42. The third-order valence-corrected chi connectivity index (χ3v) is 4.78. The van der Waals surface area contributed by atoms with Gasteiger partial charge in [-0.15, -0.1) is 0 Å². The van der Waals surface area contributed by atoms with Crippen molar-refractivity contribution in [2.45, 2.75) is 36.9 Å². The maximum atomic E-state index is 12.7. The van der Waals surface area contributed by atoms with Gasteiger partial charge < -0.3 is 15.8 Å². The molecule has 1 amide bonds. The van der Waals surface area contributed by atoms with Crippen LogP contribution in [-0.4, -0.2) is 17.6 Å². The van der Waals surface area contributed by atoms with Gasteiger partial charge in [-0.05, 0) is 29.7 Å². The first kappa shape index (κ1) is 14.3. The number of nitrogens with two attached hydrogens (primary N) is 1. The Morgan fingerprint density at radius 2 is 1.78 bits per heavy atom. The number of para-hydroxylation sites is 1. The third kappa shape index (κ3) is 2.59. The molecule has 0 aliphatic heterocycles. The molecule has 1 saturated carbocycles. The van der Waals surface area contributed by atoms with Crippen molar-refractivity contribution >= 4 is 5.91 Å². The average molecular weight is 308 g/mol. The molecule has 2 aliphatic carbocycles. The molecular weight excluding hydrogens is 288 g/mol. The number of ether oxygens (including phenoxy) is 1. The molecule has 3 N–H and O–H groups in total. The van der Waals surface area contributed by atoms with Crippen LogP contribution in [0.25, 0.3) is 0 Å². The topological polar surface area (TPSA) is 64.3 Å². The Labute approximate surface area is 135 Å². The molecule has 4 heteroatoms. The van der Waals surface area contributed by atoms with Gasteiger partial charge in [0.05, 0.1) is 12.1 Å². The molecule has 4 rings (SSSR count). The van der Waals surface area contributed by atoms with Crippen LogP contribution < -0.4 is 15.8 Å². The van der Waals surface area contributed by atoms with E-state index in [0.717, 1.165) is 30.6 Å². The van der Waals surface area contributed by atoms with Crippen LogP contribution in [0.2, 0.25) is 0 Å². The van der Waals surface area contributed by atoms with Crippen molar-refractivity contribution in [1.82, 2.24) is 5.32 Å². The lowest BCUT2D eigenvalue weighted by Crippen LogP contribution is -2.48. The van der Waals surface area contributed by atoms with E-state index in [1.165, 1.54) is 5.56 Å². The Kier molecular flexibility index (Phi) is 3.34. The fraction of sp³-hybridized carbons (Fsp3) is 0.316. The van der Waals surface area contributed by atoms with Crippen molar-refractivity contribution < 1.29 is 9.53 Å². The lowest BCUT2D eigenvalue weighted by molar-refractivity contribution is -0.130. The number of fused-ring (bicyclic) bond motifs is 1. The van der Waals surface area contributed by atoms with Crippen LogP contribution in [0.15, 0.2) is 54.6 Å². The second kappa shape index (κ2) is 5.39. The fourth-order valence-corrected chi connectivity index (χ4v) is 3.27. The standard InChI is InChI=1S/C19H20N2O2/c20-17-15-9-5-4-6-13(15)12-16(17)21-18(22)19(10-11-19)23-14-7-2-1-3-8-14/h1-9,16-17H,10-12,20H2,(H,21,22)/t16-,17-/m1/s1. The Bertz CT molecular complexity index is 725. The lowest BCUT2D eigenvalue weighted by atomic mass is 10.1. The number of benzene rings is 2. The van der Waals surface area contributed by atoms with Gasteiger partial charge in [0, 0.05) is 12.8 Å². The van der Waals surface area contributed by atoms with Crippen molar-refractivity contribution in [3.05, 3.63) is 65.7 Å². The minimum Gasteiger partial charge on any atom is -0.477 e. The molecule has 0 heterocycles. The Hall–Kier alpha value is -2.33. The summed E-state index contributed by atoms with van der Waals surface area (Å²) >= 11 is 0. The Balaban J connectivity index is 1.45. The van der Waals surface area contributed by atoms with Crippen LogP contribution in [0.4, 0.5) is 0 Å². The minimum atomic E-state index is -0.712. The first-order chi connectivity index (χ1) is 11.2. The Morgan fingerprint density at radius 3 is 2.48 bits per heavy atom. The molecule has 23 heavy (non-hydrogen) atoms. The quantitative estimate of drug-likeness (QED) is 0.911. The van der Waals surface area contributed by atoms with E-state index in [-0.39, 0.29) is 18.0 Å². The van der Waals surface area contributed by atoms with E-state index in [2.05, 4.69) is 11.4 Å². The summed E-state index contributed by atoms with van der Waals surface area (Å²) in [6.45, 7) is 0. The summed E-state index contributed by atoms with van der Waals surface area (Å²) in [6.07, 6.45) is 2.29. The van der Waals surface area contributed by atoms with Crippen LogP contribution in [0.5, 0.6) is 5.75 Å². The first-order valence-electron chi connectivity index (χ1n) is 8.06. The molecule has 0 spiro atoms. The van der Waals surface area contributed by atoms with Crippen LogP contribution in [0.3, 0.4) is 0 Å². The Morgan fingerprint density at radius 1 is 1.09 bits per heavy atom. The van der Waals surface area contributed by atoms with Crippen molar-refractivity contribution in [2.75, 3.05) is 0 Å². The molecule has 0 aromatic heterocycles. The SMILES string of the molecule is N[C@@H]1c2ccccc2C[C@H]1NC(=O)C1(Oc2ccccc2)CC1. The number of rotatable bonds is 4. The van der Waals surface area contributed by atoms with Gasteiger partial charge in [-0.1, -0.05) is 42.5 Å². The van der Waals surface area contributed by atoms with Crippen LogP contribution in [0.1, 0.15) is 30.0 Å². The molecule has 2 aromatic rings. The fourth-order valence-electron chi connectivity index (χ4n) is 3.27. The van der Waals surface area contributed by atoms with Crippen molar-refractivity contribution in [3.8, 4) is 5.75 Å². The highest BCUT2D eigenvalue weighted by molar-refractivity contribution is 5.89. The van der Waals surface area contributed by atoms with E-state index < -0.39 is 5.60 Å². The summed E-state index contributed by atoms with van der Waals surface area (Å²) in [5, 5.41) is 3.11. The zero-order valence-corrected chi connectivity index (χ0v) is 12.9. The highest BCUT2D eigenvalue weighted by Crippen LogP contribution is 2.41. The van der Waals surface area contributed by atoms with Gasteiger partial charge >= 0.3 is 0 Å². The molecule has 118 valence electrons. The van der Waals surface area contributed by atoms with E-state index in [4.69, 9.17) is 10.5 Å². The summed E-state index contributed by atoms with van der Waals surface area (Å²) < 4.78 is 5.94. The van der Waals surface area contributed by atoms with E-state index in [0.29, 0.717) is 0 Å². The highest BCUT2D eigenvalue weighted by Gasteiger charge is 2.53. The zero-order chi connectivity index (χ0) is 15.9. The van der Waals surface area contributed by atoms with Gasteiger partial charge in [0.25, 0.3) is 5.91 Å². The number of carbonyl (C=O) groups is 1. The molecule has 4 nitrogen and oxygen atoms in total. The van der Waals surface area contributed by atoms with E-state index in [9.17, 15) is 4.79 Å². The predicted octanol–water partition coefficient (Wildman–Crippen LogP) is 2.34. The van der Waals surface area contributed by atoms with Crippen LogP contribution in [-0.2, 0) is 11.2 Å². The van der Waals surface area contributed by atoms with Crippen molar-refractivity contribution in [2.24, 2.45) is 5.73 Å². The van der Waals surface area contributed by atoms with Gasteiger partial charge in [-0.2, -0.15) is 0 Å². The van der Waals surface area contributed by atoms with E-state index in [1.807, 2.05) is 48.5 Å². The number of hydrogen-bond acceptors (Lipinski definition) is 3. The maximum Gasteiger partial charge on any atom is 0.264 e. The maximum absolute atomic E-state index is 12.7.